The molecule has 0 aromatic carbocycles. The van der Waals surface area contributed by atoms with Crippen LogP contribution < -0.4 is 0 Å². The number of hydrogen-bond donors (Lipinski definition) is 0. The van der Waals surface area contributed by atoms with Crippen LogP contribution in [0.3, 0.4) is 0 Å². The van der Waals surface area contributed by atoms with Crippen molar-refractivity contribution in [2.24, 2.45) is 0 Å². The molecule has 0 unspecified atom stereocenters. The first kappa shape index (κ1) is 15.2. The molecule has 15 heavy (non-hydrogen) atoms. The average molecular weight is 227 g/mol. The molecule has 0 heterocycles. The number of nitrogens with zero attached hydrogens (tertiary/aromatic N) is 6. The predicted molar refractivity (Wildman–Crippen MR) is 53.2 cm³/mol. The van der Waals surface area contributed by atoms with Crippen molar-refractivity contribution in [1.29, 1.82) is 0 Å². The second-order valence-corrected chi connectivity index (χ2v) is 2.21. The van der Waals surface area contributed by atoms with Gasteiger partial charge in [-0.1, -0.05) is 11.6 Å². The smallest absolute Gasteiger partial charge is 0.227 e. The minimum absolute atomic E-state index is 0.305. The summed E-state index contributed by atoms with van der Waals surface area (Å²) in [5.74, 6) is -1.07. The Balaban J connectivity index is 0. The van der Waals surface area contributed by atoms with Gasteiger partial charge < -0.3 is 22.1 Å². The molecule has 0 fully saturated rings. The highest BCUT2D eigenvalue weighted by Crippen LogP contribution is 2.07. The maximum Gasteiger partial charge on any atom is 0.227 e. The van der Waals surface area contributed by atoms with E-state index in [2.05, 4.69) is 0 Å². The lowest BCUT2D eigenvalue weighted by atomic mass is 10.1. The third kappa shape index (κ3) is 9.65. The Morgan fingerprint density at radius 1 is 0.933 bits per heavy atom. The number of allylic oxidation sites excluding steroid dienone is 4. The molecule has 1 aliphatic rings. The van der Waals surface area contributed by atoms with E-state index in [1.807, 2.05) is 0 Å². The number of carbonyl (C=O) groups excluding carboxylic acids is 2. The number of rotatable bonds is 0. The highest BCUT2D eigenvalue weighted by molar-refractivity contribution is 6.49. The van der Waals surface area contributed by atoms with Crippen molar-refractivity contribution in [2.45, 2.75) is 0 Å². The first-order chi connectivity index (χ1) is 7.03. The van der Waals surface area contributed by atoms with Crippen molar-refractivity contribution in [3.05, 3.63) is 55.2 Å². The van der Waals surface area contributed by atoms with Crippen molar-refractivity contribution < 1.29 is 9.59 Å². The van der Waals surface area contributed by atoms with Gasteiger partial charge in [-0.25, -0.2) is 0 Å². The number of ketones is 2. The molecule has 0 aromatic rings. The Morgan fingerprint density at radius 2 is 1.33 bits per heavy atom. The van der Waals surface area contributed by atoms with Gasteiger partial charge in [-0.3, -0.25) is 19.4 Å². The molecule has 1 aliphatic carbocycles. The Labute approximate surface area is 88.7 Å². The lowest BCUT2D eigenvalue weighted by Crippen LogP contribution is -2.10. The van der Waals surface area contributed by atoms with Crippen LogP contribution in [0, 0.1) is 0 Å². The van der Waals surface area contributed by atoms with Crippen LogP contribution in [0.25, 0.3) is 31.9 Å². The van der Waals surface area contributed by atoms with Crippen LogP contribution in [0.1, 0.15) is 0 Å². The van der Waals surface area contributed by atoms with Crippen molar-refractivity contribution in [1.82, 2.24) is 0 Å². The molecule has 0 aliphatic heterocycles. The van der Waals surface area contributed by atoms with Crippen LogP contribution in [0.5, 0.6) is 0 Å². The highest BCUT2D eigenvalue weighted by atomic mass is 35.5. The maximum absolute atomic E-state index is 10.4. The highest BCUT2D eigenvalue weighted by Gasteiger charge is 2.10. The van der Waals surface area contributed by atoms with Gasteiger partial charge in [0, 0.05) is 11.1 Å². The molecule has 78 valence electrons. The molecular weight excluding hydrogens is 224 g/mol. The molecule has 0 saturated carbocycles. The van der Waals surface area contributed by atoms with Gasteiger partial charge in [-0.05, 0) is 12.2 Å². The number of hydrogen-bond acceptors (Lipinski definition) is 2. The Morgan fingerprint density at radius 3 is 1.60 bits per heavy atom. The second-order valence-electron chi connectivity index (χ2n) is 1.77. The van der Waals surface area contributed by atoms with Gasteiger partial charge in [-0.15, -0.1) is 0 Å². The average Bonchev–Trinajstić information content (AvgIpc) is 2.14. The SMILES string of the molecule is O=C1C=CC(Cl)=CC1=O.[N-]=[N+]=[N-].[N-]=[N+]=[N-]. The molecule has 8 nitrogen and oxygen atoms in total. The van der Waals surface area contributed by atoms with E-state index >= 15 is 0 Å². The van der Waals surface area contributed by atoms with Gasteiger partial charge in [0.15, 0.2) is 0 Å². The summed E-state index contributed by atoms with van der Waals surface area (Å²) < 4.78 is 0. The minimum atomic E-state index is -0.553. The third-order valence-electron chi connectivity index (χ3n) is 0.906. The molecule has 1 rings (SSSR count). The molecular formula is C6H3ClN6O2-2. The van der Waals surface area contributed by atoms with E-state index in [9.17, 15) is 9.59 Å². The van der Waals surface area contributed by atoms with Crippen molar-refractivity contribution in [3.63, 3.8) is 0 Å². The fraction of sp³-hybridized carbons (Fsp3) is 0. The third-order valence-corrected chi connectivity index (χ3v) is 1.14. The fourth-order valence-electron chi connectivity index (χ4n) is 0.482. The van der Waals surface area contributed by atoms with Crippen LogP contribution in [0.2, 0.25) is 0 Å². The first-order valence-corrected chi connectivity index (χ1v) is 3.51. The summed E-state index contributed by atoms with van der Waals surface area (Å²) >= 11 is 5.38. The monoisotopic (exact) mass is 226 g/mol. The molecule has 0 atom stereocenters. The van der Waals surface area contributed by atoms with Gasteiger partial charge in [0.25, 0.3) is 0 Å². The summed E-state index contributed by atoms with van der Waals surface area (Å²) in [6.07, 6.45) is 3.65. The zero-order valence-corrected chi connectivity index (χ0v) is 7.87. The predicted octanol–water partition coefficient (Wildman–Crippen LogP) is 2.55. The lowest BCUT2D eigenvalue weighted by Gasteiger charge is -1.93. The molecule has 0 spiro atoms. The van der Waals surface area contributed by atoms with Crippen molar-refractivity contribution >= 4 is 23.2 Å². The van der Waals surface area contributed by atoms with E-state index < -0.39 is 11.6 Å². The van der Waals surface area contributed by atoms with Gasteiger partial charge >= 0.3 is 0 Å². The van der Waals surface area contributed by atoms with E-state index in [0.29, 0.717) is 5.03 Å². The zero-order chi connectivity index (χ0) is 12.3. The van der Waals surface area contributed by atoms with Crippen molar-refractivity contribution in [3.8, 4) is 0 Å². The Bertz CT molecular complexity index is 361. The Hall–Kier alpha value is -2.27. The second kappa shape index (κ2) is 9.82. The normalized spacial score (nSPS) is 11.9. The molecule has 0 saturated heterocycles. The van der Waals surface area contributed by atoms with Gasteiger partial charge in [0.2, 0.25) is 11.6 Å². The molecule has 9 heteroatoms. The van der Waals surface area contributed by atoms with Crippen LogP contribution >= 0.6 is 11.6 Å². The summed E-state index contributed by atoms with van der Waals surface area (Å²) in [5.41, 5.74) is 27.0. The minimum Gasteiger partial charge on any atom is -0.373 e. The van der Waals surface area contributed by atoms with E-state index in [1.54, 1.807) is 0 Å². The summed E-state index contributed by atoms with van der Waals surface area (Å²) in [7, 11) is 0. The Kier molecular flexibility index (Phi) is 9.95. The van der Waals surface area contributed by atoms with Crippen LogP contribution in [-0.2, 0) is 9.59 Å². The molecule has 0 radical (unpaired) electrons. The largest absolute Gasteiger partial charge is 0.373 e. The van der Waals surface area contributed by atoms with Crippen molar-refractivity contribution in [2.75, 3.05) is 0 Å². The quantitative estimate of drug-likeness (QED) is 0.205. The van der Waals surface area contributed by atoms with E-state index in [1.165, 1.54) is 15.9 Å². The summed E-state index contributed by atoms with van der Waals surface area (Å²) in [5, 5.41) is 0.305. The van der Waals surface area contributed by atoms with Crippen LogP contribution in [-0.4, -0.2) is 11.6 Å². The maximum atomic E-state index is 10.4. The number of carbonyl (C=O) groups is 2. The zero-order valence-electron chi connectivity index (χ0n) is 7.11. The molecule has 0 bridgehead atoms. The summed E-state index contributed by atoms with van der Waals surface area (Å²) in [4.78, 5) is 23.8. The molecule has 0 amide bonds. The van der Waals surface area contributed by atoms with E-state index in [0.717, 1.165) is 12.2 Å². The molecule has 0 aromatic heterocycles. The topological polar surface area (TPSA) is 152 Å². The van der Waals surface area contributed by atoms with Gasteiger partial charge in [0.05, 0.1) is 0 Å². The number of halogens is 1. The van der Waals surface area contributed by atoms with E-state index in [-0.39, 0.29) is 0 Å². The summed E-state index contributed by atoms with van der Waals surface area (Å²) in [6.45, 7) is 0. The fourth-order valence-corrected chi connectivity index (χ4v) is 0.644. The van der Waals surface area contributed by atoms with E-state index in [4.69, 9.17) is 33.7 Å². The standard InChI is InChI=1S/C6H3ClO2.2N3/c7-4-1-2-5(8)6(9)3-4;2*1-3-2/h1-3H;;/q;2*-1. The van der Waals surface area contributed by atoms with Crippen LogP contribution in [0.4, 0.5) is 0 Å². The lowest BCUT2D eigenvalue weighted by molar-refractivity contribution is -0.131. The van der Waals surface area contributed by atoms with Crippen LogP contribution in [0.15, 0.2) is 23.3 Å². The first-order valence-electron chi connectivity index (χ1n) is 3.14. The van der Waals surface area contributed by atoms with Gasteiger partial charge in [0.1, 0.15) is 0 Å². The molecule has 0 N–H and O–H groups in total. The van der Waals surface area contributed by atoms with Gasteiger partial charge in [-0.2, -0.15) is 0 Å². The summed E-state index contributed by atoms with van der Waals surface area (Å²) in [6, 6.07) is 0.